The average molecular weight is 267 g/mol. The molecule has 1 aromatic rings. The Morgan fingerprint density at radius 1 is 1.47 bits per heavy atom. The van der Waals surface area contributed by atoms with Gasteiger partial charge in [0.25, 0.3) is 0 Å². The van der Waals surface area contributed by atoms with Gasteiger partial charge in [-0.1, -0.05) is 6.07 Å². The molecule has 0 spiro atoms. The number of hydrogen-bond acceptors (Lipinski definition) is 4. The summed E-state index contributed by atoms with van der Waals surface area (Å²) >= 11 is 0. The molecule has 0 bridgehead atoms. The zero-order chi connectivity index (χ0) is 14.4. The molecule has 6 nitrogen and oxygen atoms in total. The fourth-order valence-electron chi connectivity index (χ4n) is 1.77. The standard InChI is InChI=1S/C13H17NO5/c1-3-14(8-15)12(13(17)18)9-5-6-10(16)11(7-9)19-4-2/h5-8,12,16H,3-4H2,1-2H3,(H,17,18). The van der Waals surface area contributed by atoms with Gasteiger partial charge in [0.1, 0.15) is 0 Å². The molecule has 6 heteroatoms. The van der Waals surface area contributed by atoms with E-state index in [1.54, 1.807) is 13.8 Å². The van der Waals surface area contributed by atoms with Gasteiger partial charge in [-0.15, -0.1) is 0 Å². The highest BCUT2D eigenvalue weighted by atomic mass is 16.5. The van der Waals surface area contributed by atoms with Crippen molar-refractivity contribution in [3.8, 4) is 11.5 Å². The fraction of sp³-hybridized carbons (Fsp3) is 0.385. The van der Waals surface area contributed by atoms with Gasteiger partial charge in [0.15, 0.2) is 17.5 Å². The van der Waals surface area contributed by atoms with Crippen molar-refractivity contribution in [2.75, 3.05) is 13.2 Å². The van der Waals surface area contributed by atoms with Crippen LogP contribution in [0.1, 0.15) is 25.5 Å². The maximum absolute atomic E-state index is 11.3. The van der Waals surface area contributed by atoms with Crippen LogP contribution in [0, 0.1) is 0 Å². The Kier molecular flexibility index (Phi) is 5.17. The second-order valence-corrected chi connectivity index (χ2v) is 3.84. The summed E-state index contributed by atoms with van der Waals surface area (Å²) in [5.41, 5.74) is 0.378. The molecule has 19 heavy (non-hydrogen) atoms. The number of amides is 1. The Hall–Kier alpha value is -2.24. The van der Waals surface area contributed by atoms with Crippen molar-refractivity contribution in [2.45, 2.75) is 19.9 Å². The first-order valence-corrected chi connectivity index (χ1v) is 5.94. The summed E-state index contributed by atoms with van der Waals surface area (Å²) in [6, 6.07) is 3.16. The Balaban J connectivity index is 3.19. The Bertz CT molecular complexity index is 460. The molecule has 1 atom stereocenters. The van der Waals surface area contributed by atoms with Gasteiger partial charge in [-0.05, 0) is 31.5 Å². The molecule has 1 unspecified atom stereocenters. The minimum Gasteiger partial charge on any atom is -0.504 e. The molecule has 1 aromatic carbocycles. The number of phenolic OH excluding ortho intramolecular Hbond substituents is 1. The lowest BCUT2D eigenvalue weighted by molar-refractivity contribution is -0.146. The molecule has 2 N–H and O–H groups in total. The van der Waals surface area contributed by atoms with Crippen LogP contribution in [-0.2, 0) is 9.59 Å². The number of hydrogen-bond donors (Lipinski definition) is 2. The summed E-state index contributed by atoms with van der Waals surface area (Å²) in [7, 11) is 0. The lowest BCUT2D eigenvalue weighted by atomic mass is 10.0. The zero-order valence-corrected chi connectivity index (χ0v) is 10.9. The molecule has 0 aliphatic heterocycles. The van der Waals surface area contributed by atoms with Crippen molar-refractivity contribution in [2.24, 2.45) is 0 Å². The number of likely N-dealkylation sites (N-methyl/N-ethyl adjacent to an activating group) is 1. The molecule has 104 valence electrons. The summed E-state index contributed by atoms with van der Waals surface area (Å²) < 4.78 is 5.20. The molecular formula is C13H17NO5. The van der Waals surface area contributed by atoms with E-state index in [4.69, 9.17) is 4.74 Å². The quantitative estimate of drug-likeness (QED) is 0.729. The van der Waals surface area contributed by atoms with Crippen molar-refractivity contribution in [1.82, 2.24) is 4.90 Å². The molecule has 0 saturated heterocycles. The third-order valence-electron chi connectivity index (χ3n) is 2.67. The number of carboxylic acids is 1. The molecule has 0 aromatic heterocycles. The van der Waals surface area contributed by atoms with Crippen molar-refractivity contribution in [3.05, 3.63) is 23.8 Å². The lowest BCUT2D eigenvalue weighted by Gasteiger charge is -2.24. The molecule has 0 fully saturated rings. The highest BCUT2D eigenvalue weighted by molar-refractivity contribution is 5.78. The third-order valence-corrected chi connectivity index (χ3v) is 2.67. The zero-order valence-electron chi connectivity index (χ0n) is 10.9. The van der Waals surface area contributed by atoms with Gasteiger partial charge < -0.3 is 19.8 Å². The Labute approximate surface area is 111 Å². The van der Waals surface area contributed by atoms with Crippen LogP contribution in [0.15, 0.2) is 18.2 Å². The largest absolute Gasteiger partial charge is 0.504 e. The predicted molar refractivity (Wildman–Crippen MR) is 68.1 cm³/mol. The summed E-state index contributed by atoms with van der Waals surface area (Å²) in [4.78, 5) is 23.4. The summed E-state index contributed by atoms with van der Waals surface area (Å²) in [6.07, 6.45) is 0.492. The first kappa shape index (κ1) is 14.8. The van der Waals surface area contributed by atoms with Gasteiger partial charge in [-0.25, -0.2) is 4.79 Å². The van der Waals surface area contributed by atoms with Gasteiger partial charge in [0.2, 0.25) is 6.41 Å². The molecule has 1 amide bonds. The van der Waals surface area contributed by atoms with Crippen LogP contribution in [-0.4, -0.2) is 40.6 Å². The second kappa shape index (κ2) is 6.63. The summed E-state index contributed by atoms with van der Waals surface area (Å²) in [5.74, 6) is -1.00. The SMILES string of the molecule is CCOc1cc(C(C(=O)O)N(C=O)CC)ccc1O. The van der Waals surface area contributed by atoms with Crippen LogP contribution >= 0.6 is 0 Å². The molecular weight excluding hydrogens is 250 g/mol. The number of aliphatic carboxylic acids is 1. The van der Waals surface area contributed by atoms with E-state index in [-0.39, 0.29) is 18.0 Å². The highest BCUT2D eigenvalue weighted by Crippen LogP contribution is 2.31. The lowest BCUT2D eigenvalue weighted by Crippen LogP contribution is -2.32. The van der Waals surface area contributed by atoms with Gasteiger partial charge in [0.05, 0.1) is 6.61 Å². The number of ether oxygens (including phenoxy) is 1. The number of phenols is 1. The van der Waals surface area contributed by atoms with Gasteiger partial charge >= 0.3 is 5.97 Å². The van der Waals surface area contributed by atoms with E-state index in [0.717, 1.165) is 4.90 Å². The number of benzene rings is 1. The Morgan fingerprint density at radius 2 is 2.16 bits per heavy atom. The normalized spacial score (nSPS) is 11.7. The molecule has 0 radical (unpaired) electrons. The van der Waals surface area contributed by atoms with E-state index < -0.39 is 12.0 Å². The molecule has 0 saturated carbocycles. The number of rotatable bonds is 7. The molecule has 0 aliphatic carbocycles. The first-order valence-electron chi connectivity index (χ1n) is 5.94. The summed E-state index contributed by atoms with van der Waals surface area (Å²) in [5, 5.41) is 18.8. The monoisotopic (exact) mass is 267 g/mol. The highest BCUT2D eigenvalue weighted by Gasteiger charge is 2.26. The van der Waals surface area contributed by atoms with E-state index in [9.17, 15) is 19.8 Å². The van der Waals surface area contributed by atoms with Crippen molar-refractivity contribution in [1.29, 1.82) is 0 Å². The first-order chi connectivity index (χ1) is 9.04. The maximum Gasteiger partial charge on any atom is 0.331 e. The van der Waals surface area contributed by atoms with Crippen molar-refractivity contribution < 1.29 is 24.5 Å². The number of nitrogens with zero attached hydrogens (tertiary/aromatic N) is 1. The predicted octanol–water partition coefficient (Wildman–Crippen LogP) is 1.39. The van der Waals surface area contributed by atoms with Crippen LogP contribution in [0.4, 0.5) is 0 Å². The molecule has 0 heterocycles. The van der Waals surface area contributed by atoms with E-state index in [2.05, 4.69) is 0 Å². The van der Waals surface area contributed by atoms with Crippen LogP contribution < -0.4 is 4.74 Å². The van der Waals surface area contributed by atoms with Crippen LogP contribution in [0.5, 0.6) is 11.5 Å². The maximum atomic E-state index is 11.3. The fourth-order valence-corrected chi connectivity index (χ4v) is 1.77. The van der Waals surface area contributed by atoms with Crippen molar-refractivity contribution in [3.63, 3.8) is 0 Å². The van der Waals surface area contributed by atoms with E-state index >= 15 is 0 Å². The second-order valence-electron chi connectivity index (χ2n) is 3.84. The van der Waals surface area contributed by atoms with Crippen molar-refractivity contribution >= 4 is 12.4 Å². The Morgan fingerprint density at radius 3 is 2.63 bits per heavy atom. The number of aromatic hydroxyl groups is 1. The van der Waals surface area contributed by atoms with Gasteiger partial charge in [-0.2, -0.15) is 0 Å². The molecule has 0 aliphatic rings. The third kappa shape index (κ3) is 3.37. The van der Waals surface area contributed by atoms with Gasteiger partial charge in [-0.3, -0.25) is 4.79 Å². The van der Waals surface area contributed by atoms with Gasteiger partial charge in [0, 0.05) is 6.54 Å². The number of carboxylic acid groups (broad SMARTS) is 1. The topological polar surface area (TPSA) is 87.1 Å². The van der Waals surface area contributed by atoms with E-state index in [1.165, 1.54) is 18.2 Å². The average Bonchev–Trinajstić information content (AvgIpc) is 2.38. The minimum absolute atomic E-state index is 0.0658. The number of carbonyl (C=O) groups is 2. The van der Waals surface area contributed by atoms with E-state index in [1.807, 2.05) is 0 Å². The van der Waals surface area contributed by atoms with Crippen LogP contribution in [0.2, 0.25) is 0 Å². The number of carbonyl (C=O) groups excluding carboxylic acids is 1. The smallest absolute Gasteiger partial charge is 0.331 e. The van der Waals surface area contributed by atoms with Crippen LogP contribution in [0.25, 0.3) is 0 Å². The molecule has 1 rings (SSSR count). The van der Waals surface area contributed by atoms with Crippen LogP contribution in [0.3, 0.4) is 0 Å². The van der Waals surface area contributed by atoms with E-state index in [0.29, 0.717) is 18.6 Å². The summed E-state index contributed by atoms with van der Waals surface area (Å²) in [6.45, 7) is 4.06. The minimum atomic E-state index is -1.14.